The van der Waals surface area contributed by atoms with Crippen LogP contribution in [-0.2, 0) is 11.5 Å². The number of nitrogens with zero attached hydrogens (tertiary/aromatic N) is 4. The monoisotopic (exact) mass is 347 g/mol. The molecule has 0 saturated heterocycles. The van der Waals surface area contributed by atoms with Crippen LogP contribution in [0.1, 0.15) is 28.7 Å². The Balaban J connectivity index is 2.09. The molecule has 7 nitrogen and oxygen atoms in total. The molecule has 0 saturated carbocycles. The number of carbonyl (C=O) groups is 1. The van der Waals surface area contributed by atoms with Gasteiger partial charge in [-0.05, 0) is 25.1 Å². The summed E-state index contributed by atoms with van der Waals surface area (Å²) in [7, 11) is 5.32. The zero-order chi connectivity index (χ0) is 17.7. The van der Waals surface area contributed by atoms with Crippen LogP contribution >= 0.6 is 11.8 Å². The van der Waals surface area contributed by atoms with Gasteiger partial charge in [-0.15, -0.1) is 11.8 Å². The summed E-state index contributed by atoms with van der Waals surface area (Å²) < 4.78 is 5.36. The first-order valence-corrected chi connectivity index (χ1v) is 8.49. The van der Waals surface area contributed by atoms with Crippen molar-refractivity contribution >= 4 is 29.4 Å². The molecule has 8 heteroatoms. The Hall–Kier alpha value is -2.35. The predicted molar refractivity (Wildman–Crippen MR) is 96.6 cm³/mol. The number of ketones is 1. The van der Waals surface area contributed by atoms with E-state index in [2.05, 4.69) is 15.0 Å². The Kier molecular flexibility index (Phi) is 5.97. The number of nitrogens with two attached hydrogens (primary N) is 1. The molecule has 0 aliphatic rings. The summed E-state index contributed by atoms with van der Waals surface area (Å²) in [6.07, 6.45) is 0. The summed E-state index contributed by atoms with van der Waals surface area (Å²) in [5, 5.41) is 0. The quantitative estimate of drug-likeness (QED) is 0.762. The van der Waals surface area contributed by atoms with Gasteiger partial charge in [-0.3, -0.25) is 4.79 Å². The van der Waals surface area contributed by atoms with Gasteiger partial charge >= 0.3 is 0 Å². The van der Waals surface area contributed by atoms with Crippen molar-refractivity contribution in [3.8, 4) is 5.75 Å². The van der Waals surface area contributed by atoms with Crippen molar-refractivity contribution in [2.75, 3.05) is 31.8 Å². The normalized spacial score (nSPS) is 10.5. The van der Waals surface area contributed by atoms with E-state index in [9.17, 15) is 4.79 Å². The highest BCUT2D eigenvalue weighted by Crippen LogP contribution is 2.26. The summed E-state index contributed by atoms with van der Waals surface area (Å²) in [4.78, 5) is 25.9. The molecule has 0 radical (unpaired) electrons. The number of rotatable bonds is 7. The van der Waals surface area contributed by atoms with E-state index >= 15 is 0 Å². The van der Waals surface area contributed by atoms with Crippen molar-refractivity contribution in [2.24, 2.45) is 0 Å². The Morgan fingerprint density at radius 2 is 2.00 bits per heavy atom. The van der Waals surface area contributed by atoms with Gasteiger partial charge in [-0.25, -0.2) is 0 Å². The number of hydrogen-bond acceptors (Lipinski definition) is 8. The van der Waals surface area contributed by atoms with Gasteiger partial charge in [0.2, 0.25) is 11.9 Å². The predicted octanol–water partition coefficient (Wildman–Crippen LogP) is 2.16. The fourth-order valence-electron chi connectivity index (χ4n) is 2.05. The first kappa shape index (κ1) is 18.0. The summed E-state index contributed by atoms with van der Waals surface area (Å²) in [6.45, 7) is 1.55. The van der Waals surface area contributed by atoms with Crippen molar-refractivity contribution in [1.29, 1.82) is 0 Å². The lowest BCUT2D eigenvalue weighted by Crippen LogP contribution is -2.15. The van der Waals surface area contributed by atoms with Crippen LogP contribution in [0.5, 0.6) is 5.75 Å². The molecule has 0 fully saturated rings. The molecule has 1 aromatic carbocycles. The van der Waals surface area contributed by atoms with E-state index in [1.807, 2.05) is 26.2 Å². The van der Waals surface area contributed by atoms with Gasteiger partial charge in [0.1, 0.15) is 11.6 Å². The molecule has 1 heterocycles. The van der Waals surface area contributed by atoms with Crippen LogP contribution in [0.4, 0.5) is 11.9 Å². The van der Waals surface area contributed by atoms with Crippen molar-refractivity contribution in [2.45, 2.75) is 18.4 Å². The summed E-state index contributed by atoms with van der Waals surface area (Å²) in [5.74, 6) is 3.42. The zero-order valence-electron chi connectivity index (χ0n) is 14.2. The van der Waals surface area contributed by atoms with E-state index in [1.54, 1.807) is 36.8 Å². The van der Waals surface area contributed by atoms with Crippen LogP contribution in [0.15, 0.2) is 18.2 Å². The smallest absolute Gasteiger partial charge is 0.229 e. The second-order valence-electron chi connectivity index (χ2n) is 5.38. The summed E-state index contributed by atoms with van der Waals surface area (Å²) in [5.41, 5.74) is 7.36. The third-order valence-electron chi connectivity index (χ3n) is 3.26. The molecule has 128 valence electrons. The van der Waals surface area contributed by atoms with Crippen LogP contribution in [0, 0.1) is 0 Å². The van der Waals surface area contributed by atoms with Crippen LogP contribution in [0.2, 0.25) is 0 Å². The minimum absolute atomic E-state index is 0.0322. The standard InChI is InChI=1S/C16H21N5O2S/c1-10(22)11-5-6-13(23-4)12(7-11)8-24-9-14-18-15(17)20-16(19-14)21(2)3/h5-7H,8-9H2,1-4H3,(H2,17,18,19,20). The van der Waals surface area contributed by atoms with E-state index in [1.165, 1.54) is 0 Å². The fraction of sp³-hybridized carbons (Fsp3) is 0.375. The summed E-state index contributed by atoms with van der Waals surface area (Å²) in [6, 6.07) is 5.45. The van der Waals surface area contributed by atoms with E-state index in [0.717, 1.165) is 11.3 Å². The molecule has 0 unspecified atom stereocenters. The average molecular weight is 347 g/mol. The first-order chi connectivity index (χ1) is 11.4. The molecule has 2 rings (SSSR count). The maximum atomic E-state index is 11.5. The van der Waals surface area contributed by atoms with Crippen molar-refractivity contribution in [3.63, 3.8) is 0 Å². The maximum absolute atomic E-state index is 11.5. The number of anilines is 2. The minimum atomic E-state index is 0.0322. The maximum Gasteiger partial charge on any atom is 0.229 e. The topological polar surface area (TPSA) is 94.2 Å². The van der Waals surface area contributed by atoms with Gasteiger partial charge in [0.15, 0.2) is 5.78 Å². The molecule has 2 N–H and O–H groups in total. The largest absolute Gasteiger partial charge is 0.496 e. The zero-order valence-corrected chi connectivity index (χ0v) is 15.1. The van der Waals surface area contributed by atoms with E-state index < -0.39 is 0 Å². The minimum Gasteiger partial charge on any atom is -0.496 e. The molecule has 0 amide bonds. The number of hydrogen-bond donors (Lipinski definition) is 1. The number of ether oxygens (including phenoxy) is 1. The highest BCUT2D eigenvalue weighted by Gasteiger charge is 2.10. The lowest BCUT2D eigenvalue weighted by Gasteiger charge is -2.12. The molecule has 0 aliphatic carbocycles. The molecule has 0 bridgehead atoms. The molecular weight excluding hydrogens is 326 g/mol. The molecular formula is C16H21N5O2S. The van der Waals surface area contributed by atoms with Gasteiger partial charge in [-0.1, -0.05) is 0 Å². The van der Waals surface area contributed by atoms with Gasteiger partial charge < -0.3 is 15.4 Å². The van der Waals surface area contributed by atoms with Gasteiger partial charge in [-0.2, -0.15) is 15.0 Å². The molecule has 0 aliphatic heterocycles. The van der Waals surface area contributed by atoms with E-state index in [0.29, 0.717) is 28.8 Å². The van der Waals surface area contributed by atoms with Crippen LogP contribution < -0.4 is 15.4 Å². The van der Waals surface area contributed by atoms with E-state index in [-0.39, 0.29) is 11.7 Å². The number of aromatic nitrogens is 3. The number of Topliss-reactive ketones (excluding diaryl/α,β-unsaturated/α-hetero) is 1. The number of methoxy groups -OCH3 is 1. The third kappa shape index (κ3) is 4.58. The first-order valence-electron chi connectivity index (χ1n) is 7.34. The van der Waals surface area contributed by atoms with Crippen LogP contribution in [-0.4, -0.2) is 41.9 Å². The highest BCUT2D eigenvalue weighted by molar-refractivity contribution is 7.97. The second-order valence-corrected chi connectivity index (χ2v) is 6.37. The molecule has 0 atom stereocenters. The Labute approximate surface area is 145 Å². The SMILES string of the molecule is COc1ccc(C(C)=O)cc1CSCc1nc(N)nc(N(C)C)n1. The summed E-state index contributed by atoms with van der Waals surface area (Å²) >= 11 is 1.62. The number of benzene rings is 1. The highest BCUT2D eigenvalue weighted by atomic mass is 32.2. The Morgan fingerprint density at radius 1 is 1.25 bits per heavy atom. The number of thioether (sulfide) groups is 1. The second kappa shape index (κ2) is 7.96. The molecule has 0 spiro atoms. The Morgan fingerprint density at radius 3 is 2.62 bits per heavy atom. The Bertz CT molecular complexity index is 736. The number of carbonyl (C=O) groups excluding carboxylic acids is 1. The van der Waals surface area contributed by atoms with Gasteiger partial charge in [0.05, 0.1) is 12.9 Å². The van der Waals surface area contributed by atoms with Gasteiger partial charge in [0.25, 0.3) is 0 Å². The lowest BCUT2D eigenvalue weighted by atomic mass is 10.1. The lowest BCUT2D eigenvalue weighted by molar-refractivity contribution is 0.101. The van der Waals surface area contributed by atoms with Crippen molar-refractivity contribution in [3.05, 3.63) is 35.2 Å². The number of nitrogen functional groups attached to an aromatic ring is 1. The van der Waals surface area contributed by atoms with Crippen molar-refractivity contribution < 1.29 is 9.53 Å². The molecule has 24 heavy (non-hydrogen) atoms. The molecule has 1 aromatic heterocycles. The third-order valence-corrected chi connectivity index (χ3v) is 4.24. The fourth-order valence-corrected chi connectivity index (χ4v) is 2.91. The van der Waals surface area contributed by atoms with E-state index in [4.69, 9.17) is 10.5 Å². The van der Waals surface area contributed by atoms with Crippen LogP contribution in [0.3, 0.4) is 0 Å². The van der Waals surface area contributed by atoms with Gasteiger partial charge in [0, 0.05) is 31.0 Å². The van der Waals surface area contributed by atoms with Crippen molar-refractivity contribution in [1.82, 2.24) is 15.0 Å². The van der Waals surface area contributed by atoms with Crippen LogP contribution in [0.25, 0.3) is 0 Å². The average Bonchev–Trinajstić information content (AvgIpc) is 2.54. The molecule has 2 aromatic rings.